The standard InChI is InChI=1S/C17H18N2O/c1-20-15-5-2-13(3-6-15)19-14-4-7-17(19)16-11-18-9-8-12(16)10-14/h2-3,5-6,8-9,11,14,17H,4,7,10H2,1H3/t14-,17+/m0/s1. The molecule has 0 saturated carbocycles. The smallest absolute Gasteiger partial charge is 0.119 e. The van der Waals surface area contributed by atoms with Gasteiger partial charge < -0.3 is 9.64 Å². The van der Waals surface area contributed by atoms with Gasteiger partial charge in [0.1, 0.15) is 5.75 Å². The van der Waals surface area contributed by atoms with E-state index in [1.807, 2.05) is 18.3 Å². The fraction of sp³-hybridized carbons (Fsp3) is 0.353. The van der Waals surface area contributed by atoms with E-state index in [0.29, 0.717) is 12.1 Å². The summed E-state index contributed by atoms with van der Waals surface area (Å²) < 4.78 is 5.25. The minimum Gasteiger partial charge on any atom is -0.497 e. The first kappa shape index (κ1) is 11.8. The van der Waals surface area contributed by atoms with Gasteiger partial charge in [0.2, 0.25) is 0 Å². The number of anilines is 1. The maximum atomic E-state index is 5.25. The molecule has 1 saturated heterocycles. The number of methoxy groups -OCH3 is 1. The minimum absolute atomic E-state index is 0.492. The molecule has 1 aromatic heterocycles. The lowest BCUT2D eigenvalue weighted by Gasteiger charge is -2.38. The first-order valence-electron chi connectivity index (χ1n) is 7.22. The second-order valence-electron chi connectivity index (χ2n) is 5.63. The molecule has 0 spiro atoms. The lowest BCUT2D eigenvalue weighted by molar-refractivity contribution is 0.414. The van der Waals surface area contributed by atoms with Gasteiger partial charge in [0, 0.05) is 24.1 Å². The highest BCUT2D eigenvalue weighted by atomic mass is 16.5. The van der Waals surface area contributed by atoms with Gasteiger partial charge in [-0.2, -0.15) is 0 Å². The SMILES string of the molecule is COc1ccc(N2[C@H]3CC[C@@H]2c2cnccc2C3)cc1. The summed E-state index contributed by atoms with van der Waals surface area (Å²) in [4.78, 5) is 6.90. The number of rotatable bonds is 2. The van der Waals surface area contributed by atoms with E-state index < -0.39 is 0 Å². The molecule has 0 N–H and O–H groups in total. The summed E-state index contributed by atoms with van der Waals surface area (Å²) in [7, 11) is 1.71. The molecule has 2 aliphatic heterocycles. The van der Waals surface area contributed by atoms with Crippen LogP contribution in [0.4, 0.5) is 5.69 Å². The molecule has 102 valence electrons. The molecule has 0 aliphatic carbocycles. The van der Waals surface area contributed by atoms with E-state index in [1.165, 1.54) is 29.7 Å². The molecule has 2 aliphatic rings. The molecule has 1 aromatic carbocycles. The predicted octanol–water partition coefficient (Wildman–Crippen LogP) is 3.36. The van der Waals surface area contributed by atoms with E-state index in [0.717, 1.165) is 12.2 Å². The molecule has 2 bridgehead atoms. The van der Waals surface area contributed by atoms with Crippen molar-refractivity contribution in [2.45, 2.75) is 31.3 Å². The molecule has 20 heavy (non-hydrogen) atoms. The number of aromatic nitrogens is 1. The van der Waals surface area contributed by atoms with Crippen LogP contribution in [0.25, 0.3) is 0 Å². The number of hydrogen-bond donors (Lipinski definition) is 0. The summed E-state index contributed by atoms with van der Waals surface area (Å²) in [5.74, 6) is 0.917. The average molecular weight is 266 g/mol. The normalized spacial score (nSPS) is 23.6. The lowest BCUT2D eigenvalue weighted by atomic mass is 9.94. The first-order chi connectivity index (χ1) is 9.86. The fourth-order valence-corrected chi connectivity index (χ4v) is 3.71. The first-order valence-corrected chi connectivity index (χ1v) is 7.22. The van der Waals surface area contributed by atoms with Gasteiger partial charge in [0.05, 0.1) is 13.2 Å². The summed E-state index contributed by atoms with van der Waals surface area (Å²) in [6.45, 7) is 0. The van der Waals surface area contributed by atoms with Gasteiger partial charge in [-0.3, -0.25) is 4.98 Å². The second kappa shape index (κ2) is 4.51. The van der Waals surface area contributed by atoms with E-state index in [-0.39, 0.29) is 0 Å². The van der Waals surface area contributed by atoms with Crippen LogP contribution in [0.5, 0.6) is 5.75 Å². The summed E-state index contributed by atoms with van der Waals surface area (Å²) in [5, 5.41) is 0. The number of hydrogen-bond acceptors (Lipinski definition) is 3. The molecule has 1 fully saturated rings. The van der Waals surface area contributed by atoms with Crippen LogP contribution in [0.3, 0.4) is 0 Å². The number of pyridine rings is 1. The maximum Gasteiger partial charge on any atom is 0.119 e. The van der Waals surface area contributed by atoms with E-state index in [1.54, 1.807) is 7.11 Å². The molecule has 0 unspecified atom stereocenters. The van der Waals surface area contributed by atoms with Crippen molar-refractivity contribution < 1.29 is 4.74 Å². The third-order valence-corrected chi connectivity index (χ3v) is 4.63. The zero-order valence-electron chi connectivity index (χ0n) is 11.6. The number of fused-ring (bicyclic) bond motifs is 4. The Morgan fingerprint density at radius 1 is 1.15 bits per heavy atom. The van der Waals surface area contributed by atoms with Crippen molar-refractivity contribution in [1.82, 2.24) is 4.98 Å². The van der Waals surface area contributed by atoms with E-state index in [2.05, 4.69) is 34.3 Å². The second-order valence-corrected chi connectivity index (χ2v) is 5.63. The third-order valence-electron chi connectivity index (χ3n) is 4.63. The summed E-state index contributed by atoms with van der Waals surface area (Å²) in [6.07, 6.45) is 7.61. The molecule has 3 heteroatoms. The molecular formula is C17H18N2O. The van der Waals surface area contributed by atoms with Crippen LogP contribution in [0.1, 0.15) is 30.0 Å². The molecule has 3 heterocycles. The van der Waals surface area contributed by atoms with E-state index >= 15 is 0 Å². The highest BCUT2D eigenvalue weighted by molar-refractivity contribution is 5.56. The van der Waals surface area contributed by atoms with Crippen molar-refractivity contribution in [1.29, 1.82) is 0 Å². The molecule has 2 atom stereocenters. The Labute approximate surface area is 119 Å². The highest BCUT2D eigenvalue weighted by Crippen LogP contribution is 2.45. The molecule has 0 amide bonds. The van der Waals surface area contributed by atoms with Crippen molar-refractivity contribution in [2.75, 3.05) is 12.0 Å². The van der Waals surface area contributed by atoms with Gasteiger partial charge in [0.25, 0.3) is 0 Å². The molecular weight excluding hydrogens is 248 g/mol. The quantitative estimate of drug-likeness (QED) is 0.833. The number of ether oxygens (including phenoxy) is 1. The van der Waals surface area contributed by atoms with Crippen molar-refractivity contribution >= 4 is 5.69 Å². The van der Waals surface area contributed by atoms with Crippen LogP contribution in [-0.4, -0.2) is 18.1 Å². The lowest BCUT2D eigenvalue weighted by Crippen LogP contribution is -2.37. The monoisotopic (exact) mass is 266 g/mol. The van der Waals surface area contributed by atoms with Crippen LogP contribution >= 0.6 is 0 Å². The molecule has 0 radical (unpaired) electrons. The topological polar surface area (TPSA) is 25.4 Å². The van der Waals surface area contributed by atoms with Gasteiger partial charge in [-0.25, -0.2) is 0 Å². The minimum atomic E-state index is 0.492. The van der Waals surface area contributed by atoms with Crippen LogP contribution in [0.2, 0.25) is 0 Å². The largest absolute Gasteiger partial charge is 0.497 e. The van der Waals surface area contributed by atoms with E-state index in [9.17, 15) is 0 Å². The van der Waals surface area contributed by atoms with Crippen LogP contribution in [0.15, 0.2) is 42.7 Å². The van der Waals surface area contributed by atoms with E-state index in [4.69, 9.17) is 4.74 Å². The fourth-order valence-electron chi connectivity index (χ4n) is 3.71. The van der Waals surface area contributed by atoms with Crippen molar-refractivity contribution in [2.24, 2.45) is 0 Å². The van der Waals surface area contributed by atoms with Crippen LogP contribution < -0.4 is 9.64 Å². The summed E-state index contributed by atoms with van der Waals surface area (Å²) in [5.41, 5.74) is 4.20. The Bertz CT molecular complexity index is 623. The average Bonchev–Trinajstić information content (AvgIpc) is 2.82. The molecule has 4 rings (SSSR count). The zero-order valence-corrected chi connectivity index (χ0v) is 11.6. The predicted molar refractivity (Wildman–Crippen MR) is 79.2 cm³/mol. The van der Waals surface area contributed by atoms with Crippen molar-refractivity contribution in [3.63, 3.8) is 0 Å². The summed E-state index contributed by atoms with van der Waals surface area (Å²) >= 11 is 0. The Hall–Kier alpha value is -2.03. The van der Waals surface area contributed by atoms with Crippen LogP contribution in [-0.2, 0) is 6.42 Å². The Morgan fingerprint density at radius 3 is 2.80 bits per heavy atom. The number of nitrogens with zero attached hydrogens (tertiary/aromatic N) is 2. The van der Waals surface area contributed by atoms with Crippen LogP contribution in [0, 0.1) is 0 Å². The summed E-state index contributed by atoms with van der Waals surface area (Å²) in [6, 6.07) is 11.7. The highest BCUT2D eigenvalue weighted by Gasteiger charge is 2.39. The Morgan fingerprint density at radius 2 is 2.00 bits per heavy atom. The van der Waals surface area contributed by atoms with Crippen molar-refractivity contribution in [3.05, 3.63) is 53.9 Å². The molecule has 3 nitrogen and oxygen atoms in total. The van der Waals surface area contributed by atoms with Crippen molar-refractivity contribution in [3.8, 4) is 5.75 Å². The van der Waals surface area contributed by atoms with Gasteiger partial charge >= 0.3 is 0 Å². The maximum absolute atomic E-state index is 5.25. The Kier molecular flexibility index (Phi) is 2.66. The van der Waals surface area contributed by atoms with Gasteiger partial charge in [-0.15, -0.1) is 0 Å². The third kappa shape index (κ3) is 1.69. The molecule has 2 aromatic rings. The van der Waals surface area contributed by atoms with Gasteiger partial charge in [-0.05, 0) is 60.7 Å². The number of benzene rings is 1. The van der Waals surface area contributed by atoms with Gasteiger partial charge in [0.15, 0.2) is 0 Å². The van der Waals surface area contributed by atoms with Gasteiger partial charge in [-0.1, -0.05) is 0 Å². The Balaban J connectivity index is 1.73. The zero-order chi connectivity index (χ0) is 13.5.